The molecule has 0 aliphatic carbocycles. The van der Waals surface area contributed by atoms with Gasteiger partial charge in [0.05, 0.1) is 0 Å². The monoisotopic (exact) mass is 337 g/mol. The second kappa shape index (κ2) is 9.27. The summed E-state index contributed by atoms with van der Waals surface area (Å²) in [5.41, 5.74) is 2.04. The molecule has 0 bridgehead atoms. The third-order valence-electron chi connectivity index (χ3n) is 3.69. The number of ether oxygens (including phenoxy) is 2. The number of rotatable bonds is 9. The van der Waals surface area contributed by atoms with Crippen molar-refractivity contribution in [2.75, 3.05) is 13.7 Å². The molecule has 0 aromatic heterocycles. The highest BCUT2D eigenvalue weighted by atomic mass is 16.5. The Labute approximate surface area is 143 Å². The predicted molar refractivity (Wildman–Crippen MR) is 91.4 cm³/mol. The van der Waals surface area contributed by atoms with Crippen molar-refractivity contribution in [3.63, 3.8) is 0 Å². The Kier molecular flexibility index (Phi) is 7.71. The van der Waals surface area contributed by atoms with Crippen LogP contribution in [0.2, 0.25) is 0 Å². The van der Waals surface area contributed by atoms with Crippen molar-refractivity contribution in [1.82, 2.24) is 5.32 Å². The molecule has 0 aliphatic rings. The molecule has 134 valence electrons. The van der Waals surface area contributed by atoms with Crippen molar-refractivity contribution in [2.45, 2.75) is 52.2 Å². The number of methoxy groups -OCH3 is 1. The van der Waals surface area contributed by atoms with Gasteiger partial charge in [0.1, 0.15) is 11.8 Å². The van der Waals surface area contributed by atoms with Crippen LogP contribution in [0.15, 0.2) is 18.2 Å². The lowest BCUT2D eigenvalue weighted by molar-refractivity contribution is -0.143. The molecule has 0 heterocycles. The number of carbonyl (C=O) groups excluding carboxylic acids is 1. The maximum atomic E-state index is 12.3. The molecule has 0 spiro atoms. The van der Waals surface area contributed by atoms with Crippen molar-refractivity contribution >= 4 is 11.9 Å². The van der Waals surface area contributed by atoms with Gasteiger partial charge in [0.15, 0.2) is 6.10 Å². The van der Waals surface area contributed by atoms with Crippen molar-refractivity contribution in [2.24, 2.45) is 0 Å². The molecule has 2 atom stereocenters. The molecule has 6 heteroatoms. The Morgan fingerprint density at radius 3 is 2.46 bits per heavy atom. The van der Waals surface area contributed by atoms with E-state index in [0.29, 0.717) is 5.75 Å². The van der Waals surface area contributed by atoms with Crippen molar-refractivity contribution in [1.29, 1.82) is 0 Å². The van der Waals surface area contributed by atoms with E-state index >= 15 is 0 Å². The number of amides is 1. The number of carbonyl (C=O) groups is 2. The maximum absolute atomic E-state index is 12.3. The average molecular weight is 337 g/mol. The molecule has 0 radical (unpaired) electrons. The Morgan fingerprint density at radius 2 is 1.92 bits per heavy atom. The van der Waals surface area contributed by atoms with E-state index in [0.717, 1.165) is 11.1 Å². The van der Waals surface area contributed by atoms with Crippen LogP contribution in [0.4, 0.5) is 0 Å². The summed E-state index contributed by atoms with van der Waals surface area (Å²) in [7, 11) is 1.48. The van der Waals surface area contributed by atoms with Gasteiger partial charge in [-0.3, -0.25) is 4.79 Å². The number of aryl methyl sites for hydroxylation is 1. The second-order valence-corrected chi connectivity index (χ2v) is 6.14. The molecule has 24 heavy (non-hydrogen) atoms. The van der Waals surface area contributed by atoms with Gasteiger partial charge in [-0.25, -0.2) is 4.79 Å². The van der Waals surface area contributed by atoms with Gasteiger partial charge < -0.3 is 19.9 Å². The first-order valence-corrected chi connectivity index (χ1v) is 8.05. The van der Waals surface area contributed by atoms with Gasteiger partial charge in [-0.1, -0.05) is 26.0 Å². The molecule has 0 saturated heterocycles. The molecule has 1 aromatic carbocycles. The van der Waals surface area contributed by atoms with Crippen LogP contribution >= 0.6 is 0 Å². The number of hydrogen-bond acceptors (Lipinski definition) is 4. The highest BCUT2D eigenvalue weighted by Crippen LogP contribution is 2.28. The van der Waals surface area contributed by atoms with Crippen LogP contribution in [0.1, 0.15) is 44.2 Å². The van der Waals surface area contributed by atoms with Crippen LogP contribution in [0.25, 0.3) is 0 Å². The fourth-order valence-corrected chi connectivity index (χ4v) is 2.25. The van der Waals surface area contributed by atoms with Gasteiger partial charge in [0, 0.05) is 20.1 Å². The Bertz CT molecular complexity index is 571. The fourth-order valence-electron chi connectivity index (χ4n) is 2.25. The summed E-state index contributed by atoms with van der Waals surface area (Å²) in [5.74, 6) is -0.651. The number of benzene rings is 1. The van der Waals surface area contributed by atoms with Gasteiger partial charge in [-0.05, 0) is 37.0 Å². The quantitative estimate of drug-likeness (QED) is 0.723. The minimum atomic E-state index is -1.09. The highest BCUT2D eigenvalue weighted by molar-refractivity contribution is 5.86. The molecular formula is C18H27NO5. The smallest absolute Gasteiger partial charge is 0.326 e. The zero-order valence-corrected chi connectivity index (χ0v) is 15.0. The first kappa shape index (κ1) is 20.0. The molecule has 0 aliphatic heterocycles. The van der Waals surface area contributed by atoms with Gasteiger partial charge in [-0.15, -0.1) is 0 Å². The topological polar surface area (TPSA) is 84.9 Å². The van der Waals surface area contributed by atoms with E-state index in [2.05, 4.69) is 5.32 Å². The summed E-state index contributed by atoms with van der Waals surface area (Å²) >= 11 is 0. The number of nitrogens with one attached hydrogen (secondary N) is 1. The minimum absolute atomic E-state index is 0.200. The molecular weight excluding hydrogens is 310 g/mol. The lowest BCUT2D eigenvalue weighted by Gasteiger charge is -2.21. The van der Waals surface area contributed by atoms with Gasteiger partial charge in [0.25, 0.3) is 5.91 Å². The van der Waals surface area contributed by atoms with Crippen molar-refractivity contribution in [3.8, 4) is 5.75 Å². The van der Waals surface area contributed by atoms with E-state index in [-0.39, 0.29) is 18.9 Å². The summed E-state index contributed by atoms with van der Waals surface area (Å²) in [6.07, 6.45) is -0.597. The van der Waals surface area contributed by atoms with E-state index in [4.69, 9.17) is 14.6 Å². The standard InChI is InChI=1S/C18H27NO5/c1-11(2)14-7-6-12(3)10-16(14)24-13(4)17(20)19-15(18(21)22)8-9-23-5/h6-7,10-11,13,15H,8-9H2,1-5H3,(H,19,20)(H,21,22). The first-order valence-electron chi connectivity index (χ1n) is 8.05. The molecule has 0 fully saturated rings. The summed E-state index contributed by atoms with van der Waals surface area (Å²) < 4.78 is 10.7. The van der Waals surface area contributed by atoms with Crippen LogP contribution in [0.3, 0.4) is 0 Å². The van der Waals surface area contributed by atoms with Crippen LogP contribution in [0, 0.1) is 6.92 Å². The second-order valence-electron chi connectivity index (χ2n) is 6.14. The Morgan fingerprint density at radius 1 is 1.25 bits per heavy atom. The van der Waals surface area contributed by atoms with Gasteiger partial charge in [-0.2, -0.15) is 0 Å². The van der Waals surface area contributed by atoms with Crippen molar-refractivity contribution in [3.05, 3.63) is 29.3 Å². The van der Waals surface area contributed by atoms with E-state index < -0.39 is 24.0 Å². The van der Waals surface area contributed by atoms with Crippen LogP contribution < -0.4 is 10.1 Å². The average Bonchev–Trinajstić information content (AvgIpc) is 2.50. The lowest BCUT2D eigenvalue weighted by Crippen LogP contribution is -2.46. The Balaban J connectivity index is 2.80. The molecule has 2 unspecified atom stereocenters. The summed E-state index contributed by atoms with van der Waals surface area (Å²) in [6.45, 7) is 7.91. The number of carboxylic acid groups (broad SMARTS) is 1. The van der Waals surface area contributed by atoms with Crippen LogP contribution in [-0.4, -0.2) is 42.8 Å². The number of carboxylic acids is 1. The van der Waals surface area contributed by atoms with Crippen LogP contribution in [0.5, 0.6) is 5.75 Å². The lowest BCUT2D eigenvalue weighted by atomic mass is 10.0. The third kappa shape index (κ3) is 5.85. The van der Waals surface area contributed by atoms with Gasteiger partial charge in [0.2, 0.25) is 0 Å². The third-order valence-corrected chi connectivity index (χ3v) is 3.69. The normalized spacial score (nSPS) is 13.4. The number of hydrogen-bond donors (Lipinski definition) is 2. The largest absolute Gasteiger partial charge is 0.481 e. The highest BCUT2D eigenvalue weighted by Gasteiger charge is 2.24. The maximum Gasteiger partial charge on any atom is 0.326 e. The molecule has 1 amide bonds. The first-order chi connectivity index (χ1) is 11.3. The minimum Gasteiger partial charge on any atom is -0.481 e. The summed E-state index contributed by atoms with van der Waals surface area (Å²) in [6, 6.07) is 4.88. The number of aliphatic carboxylic acids is 1. The molecule has 6 nitrogen and oxygen atoms in total. The molecule has 1 aromatic rings. The van der Waals surface area contributed by atoms with E-state index in [1.807, 2.05) is 39.0 Å². The van der Waals surface area contributed by atoms with Crippen molar-refractivity contribution < 1.29 is 24.2 Å². The van der Waals surface area contributed by atoms with Crippen LogP contribution in [-0.2, 0) is 14.3 Å². The van der Waals surface area contributed by atoms with E-state index in [1.54, 1.807) is 6.92 Å². The summed E-state index contributed by atoms with van der Waals surface area (Å²) in [5, 5.41) is 11.7. The van der Waals surface area contributed by atoms with E-state index in [1.165, 1.54) is 7.11 Å². The summed E-state index contributed by atoms with van der Waals surface area (Å²) in [4.78, 5) is 23.4. The zero-order valence-electron chi connectivity index (χ0n) is 15.0. The molecule has 0 saturated carbocycles. The van der Waals surface area contributed by atoms with E-state index in [9.17, 15) is 9.59 Å². The van der Waals surface area contributed by atoms with Gasteiger partial charge >= 0.3 is 5.97 Å². The molecule has 2 N–H and O–H groups in total. The zero-order chi connectivity index (χ0) is 18.3. The molecule has 1 rings (SSSR count). The Hall–Kier alpha value is -2.08. The fraction of sp³-hybridized carbons (Fsp3) is 0.556. The predicted octanol–water partition coefficient (Wildman–Crippen LogP) is 2.49. The SMILES string of the molecule is COCCC(NC(=O)C(C)Oc1cc(C)ccc1C(C)C)C(=O)O.